The van der Waals surface area contributed by atoms with Crippen molar-refractivity contribution in [3.05, 3.63) is 83.8 Å². The number of benzene rings is 2. The van der Waals surface area contributed by atoms with Gasteiger partial charge in [-0.1, -0.05) is 45.0 Å². The number of carbonyl (C=O) groups is 2. The largest absolute Gasteiger partial charge is 0.492 e. The van der Waals surface area contributed by atoms with Gasteiger partial charge in [0.25, 0.3) is 11.8 Å². The predicted octanol–water partition coefficient (Wildman–Crippen LogP) is 4.64. The number of anilines is 1. The highest BCUT2D eigenvalue weighted by molar-refractivity contribution is 6.07. The van der Waals surface area contributed by atoms with E-state index in [4.69, 9.17) is 9.15 Å². The molecule has 3 aromatic rings. The van der Waals surface area contributed by atoms with Crippen molar-refractivity contribution in [2.75, 3.05) is 18.5 Å². The molecule has 3 rings (SSSR count). The van der Waals surface area contributed by atoms with Crippen LogP contribution in [0.4, 0.5) is 5.69 Å². The number of rotatable bonds is 7. The van der Waals surface area contributed by atoms with Crippen LogP contribution in [0.15, 0.2) is 71.3 Å². The first-order valence-corrected chi connectivity index (χ1v) is 9.80. The van der Waals surface area contributed by atoms with Crippen molar-refractivity contribution in [2.45, 2.75) is 26.2 Å². The van der Waals surface area contributed by atoms with Gasteiger partial charge in [-0.05, 0) is 47.4 Å². The minimum atomic E-state index is -0.415. The van der Waals surface area contributed by atoms with Crippen LogP contribution in [0.3, 0.4) is 0 Å². The Balaban J connectivity index is 1.52. The first-order chi connectivity index (χ1) is 14.3. The van der Waals surface area contributed by atoms with Crippen molar-refractivity contribution in [3.8, 4) is 5.75 Å². The molecule has 2 amide bonds. The Morgan fingerprint density at radius 3 is 2.33 bits per heavy atom. The number of furan rings is 1. The molecular weight excluding hydrogens is 380 g/mol. The standard InChI is InChI=1S/C24H26N2O4/c1-24(2,3)17-10-12-18(13-11-17)29-16-14-25-22(27)19-7-4-5-8-20(19)26-23(28)21-9-6-15-30-21/h4-13,15H,14,16H2,1-3H3,(H,25,27)(H,26,28). The predicted molar refractivity (Wildman–Crippen MR) is 116 cm³/mol. The summed E-state index contributed by atoms with van der Waals surface area (Å²) in [5, 5.41) is 5.52. The zero-order chi connectivity index (χ0) is 21.6. The average molecular weight is 406 g/mol. The lowest BCUT2D eigenvalue weighted by atomic mass is 9.87. The number of hydrogen-bond donors (Lipinski definition) is 2. The summed E-state index contributed by atoms with van der Waals surface area (Å²) < 4.78 is 10.8. The van der Waals surface area contributed by atoms with Crippen LogP contribution >= 0.6 is 0 Å². The fraction of sp³-hybridized carbons (Fsp3) is 0.250. The summed E-state index contributed by atoms with van der Waals surface area (Å²) in [6.45, 7) is 7.15. The Morgan fingerprint density at radius 1 is 0.933 bits per heavy atom. The monoisotopic (exact) mass is 406 g/mol. The number of carbonyl (C=O) groups excluding carboxylic acids is 2. The summed E-state index contributed by atoms with van der Waals surface area (Å²) in [5.41, 5.74) is 2.10. The Labute approximate surface area is 176 Å². The van der Waals surface area contributed by atoms with Crippen molar-refractivity contribution < 1.29 is 18.7 Å². The molecule has 0 spiro atoms. The first-order valence-electron chi connectivity index (χ1n) is 9.80. The normalized spacial score (nSPS) is 11.0. The molecule has 0 saturated heterocycles. The van der Waals surface area contributed by atoms with Gasteiger partial charge in [0.2, 0.25) is 0 Å². The van der Waals surface area contributed by atoms with Gasteiger partial charge in [0, 0.05) is 0 Å². The summed E-state index contributed by atoms with van der Waals surface area (Å²) in [7, 11) is 0. The molecular formula is C24H26N2O4. The van der Waals surface area contributed by atoms with Crippen molar-refractivity contribution in [1.82, 2.24) is 5.32 Å². The van der Waals surface area contributed by atoms with Crippen LogP contribution in [0.2, 0.25) is 0 Å². The van der Waals surface area contributed by atoms with Gasteiger partial charge in [-0.25, -0.2) is 0 Å². The molecule has 0 aliphatic rings. The third-order valence-electron chi connectivity index (χ3n) is 4.54. The van der Waals surface area contributed by atoms with Gasteiger partial charge in [0.15, 0.2) is 5.76 Å². The van der Waals surface area contributed by atoms with Crippen molar-refractivity contribution >= 4 is 17.5 Å². The molecule has 0 aliphatic heterocycles. The second-order valence-corrected chi connectivity index (χ2v) is 7.86. The fourth-order valence-corrected chi connectivity index (χ4v) is 2.86. The Kier molecular flexibility index (Phi) is 6.57. The lowest BCUT2D eigenvalue weighted by Gasteiger charge is -2.19. The van der Waals surface area contributed by atoms with E-state index >= 15 is 0 Å². The van der Waals surface area contributed by atoms with Gasteiger partial charge < -0.3 is 19.8 Å². The van der Waals surface area contributed by atoms with Crippen LogP contribution in [0.25, 0.3) is 0 Å². The highest BCUT2D eigenvalue weighted by Gasteiger charge is 2.15. The van der Waals surface area contributed by atoms with E-state index < -0.39 is 5.91 Å². The Hall–Kier alpha value is -3.54. The minimum absolute atomic E-state index is 0.0895. The van der Waals surface area contributed by atoms with Crippen molar-refractivity contribution in [1.29, 1.82) is 0 Å². The molecule has 2 N–H and O–H groups in total. The molecule has 0 aliphatic carbocycles. The van der Waals surface area contributed by atoms with E-state index in [0.29, 0.717) is 24.4 Å². The number of hydrogen-bond acceptors (Lipinski definition) is 4. The topological polar surface area (TPSA) is 80.6 Å². The van der Waals surface area contributed by atoms with Crippen LogP contribution < -0.4 is 15.4 Å². The third-order valence-corrected chi connectivity index (χ3v) is 4.54. The van der Waals surface area contributed by atoms with Crippen LogP contribution in [-0.2, 0) is 5.41 Å². The molecule has 6 nitrogen and oxygen atoms in total. The van der Waals surface area contributed by atoms with Crippen LogP contribution in [0.5, 0.6) is 5.75 Å². The zero-order valence-corrected chi connectivity index (χ0v) is 17.4. The maximum absolute atomic E-state index is 12.6. The lowest BCUT2D eigenvalue weighted by Crippen LogP contribution is -2.29. The average Bonchev–Trinajstić information content (AvgIpc) is 3.26. The van der Waals surface area contributed by atoms with E-state index in [1.807, 2.05) is 24.3 Å². The highest BCUT2D eigenvalue weighted by atomic mass is 16.5. The van der Waals surface area contributed by atoms with E-state index in [1.165, 1.54) is 11.8 Å². The Morgan fingerprint density at radius 2 is 1.67 bits per heavy atom. The molecule has 0 fully saturated rings. The summed E-state index contributed by atoms with van der Waals surface area (Å²) in [6, 6.07) is 18.0. The summed E-state index contributed by atoms with van der Waals surface area (Å²) in [6.07, 6.45) is 1.42. The number of ether oxygens (including phenoxy) is 1. The SMILES string of the molecule is CC(C)(C)c1ccc(OCCNC(=O)c2ccccc2NC(=O)c2ccco2)cc1. The lowest BCUT2D eigenvalue weighted by molar-refractivity contribution is 0.0948. The number of para-hydroxylation sites is 1. The molecule has 0 saturated carbocycles. The summed E-state index contributed by atoms with van der Waals surface area (Å²) in [5.74, 6) is 0.221. The Bertz CT molecular complexity index is 987. The smallest absolute Gasteiger partial charge is 0.291 e. The van der Waals surface area contributed by atoms with E-state index in [1.54, 1.807) is 36.4 Å². The summed E-state index contributed by atoms with van der Waals surface area (Å²) in [4.78, 5) is 24.8. The van der Waals surface area contributed by atoms with Gasteiger partial charge in [-0.15, -0.1) is 0 Å². The van der Waals surface area contributed by atoms with Gasteiger partial charge in [-0.2, -0.15) is 0 Å². The molecule has 2 aromatic carbocycles. The number of nitrogens with one attached hydrogen (secondary N) is 2. The second-order valence-electron chi connectivity index (χ2n) is 7.86. The van der Waals surface area contributed by atoms with E-state index in [2.05, 4.69) is 31.4 Å². The molecule has 30 heavy (non-hydrogen) atoms. The van der Waals surface area contributed by atoms with E-state index in [9.17, 15) is 9.59 Å². The van der Waals surface area contributed by atoms with Gasteiger partial charge >= 0.3 is 0 Å². The molecule has 1 aromatic heterocycles. The maximum atomic E-state index is 12.6. The second kappa shape index (κ2) is 9.31. The van der Waals surface area contributed by atoms with Gasteiger partial charge in [-0.3, -0.25) is 9.59 Å². The molecule has 0 unspecified atom stereocenters. The van der Waals surface area contributed by atoms with Crippen LogP contribution in [0, 0.1) is 0 Å². The minimum Gasteiger partial charge on any atom is -0.492 e. The highest BCUT2D eigenvalue weighted by Crippen LogP contribution is 2.24. The van der Waals surface area contributed by atoms with Crippen molar-refractivity contribution in [2.24, 2.45) is 0 Å². The molecule has 156 valence electrons. The van der Waals surface area contributed by atoms with Gasteiger partial charge in [0.1, 0.15) is 12.4 Å². The third kappa shape index (κ3) is 5.50. The summed E-state index contributed by atoms with van der Waals surface area (Å²) >= 11 is 0. The fourth-order valence-electron chi connectivity index (χ4n) is 2.86. The molecule has 6 heteroatoms. The van der Waals surface area contributed by atoms with Gasteiger partial charge in [0.05, 0.1) is 24.1 Å². The molecule has 0 atom stereocenters. The van der Waals surface area contributed by atoms with Crippen LogP contribution in [-0.4, -0.2) is 25.0 Å². The van der Waals surface area contributed by atoms with Crippen molar-refractivity contribution in [3.63, 3.8) is 0 Å². The maximum Gasteiger partial charge on any atom is 0.291 e. The molecule has 0 radical (unpaired) electrons. The molecule has 0 bridgehead atoms. The number of amides is 2. The van der Waals surface area contributed by atoms with E-state index in [-0.39, 0.29) is 17.1 Å². The first kappa shape index (κ1) is 21.2. The molecule has 1 heterocycles. The quantitative estimate of drug-likeness (QED) is 0.560. The van der Waals surface area contributed by atoms with E-state index in [0.717, 1.165) is 5.75 Å². The zero-order valence-electron chi connectivity index (χ0n) is 17.4. The van der Waals surface area contributed by atoms with Crippen LogP contribution in [0.1, 0.15) is 47.2 Å².